The fraction of sp³-hybridized carbons (Fsp3) is 0. The van der Waals surface area contributed by atoms with Gasteiger partial charge in [-0.25, -0.2) is 0 Å². The summed E-state index contributed by atoms with van der Waals surface area (Å²) in [5.74, 6) is 3.70. The Hall–Kier alpha value is -0.225. The molecule has 1 aliphatic heterocycles. The van der Waals surface area contributed by atoms with E-state index in [1.165, 1.54) is 0 Å². The molecule has 0 N–H and O–H groups in total. The second-order valence-electron chi connectivity index (χ2n) is 1.46. The molecule has 0 saturated carbocycles. The molecular formula is C4H6BOP. The zero-order chi connectivity index (χ0) is 5.11. The summed E-state index contributed by atoms with van der Waals surface area (Å²) in [7, 11) is -1.31. The molecule has 1 aliphatic rings. The average molecular weight is 112 g/mol. The lowest BCUT2D eigenvalue weighted by molar-refractivity contribution is 0.600. The zero-order valence-electron chi connectivity index (χ0n) is 3.92. The first kappa shape index (κ1) is 4.92. The summed E-state index contributed by atoms with van der Waals surface area (Å²) in [5, 5.41) is 0. The fourth-order valence-electron chi connectivity index (χ4n) is 0.494. The maximum absolute atomic E-state index is 10.5. The van der Waals surface area contributed by atoms with Crippen LogP contribution < -0.4 is 0 Å². The van der Waals surface area contributed by atoms with E-state index >= 15 is 0 Å². The fourth-order valence-corrected chi connectivity index (χ4v) is 1.32. The molecule has 0 aliphatic carbocycles. The van der Waals surface area contributed by atoms with Crippen LogP contribution in [-0.4, -0.2) is 7.00 Å². The van der Waals surface area contributed by atoms with Crippen molar-refractivity contribution in [2.45, 2.75) is 0 Å². The smallest absolute Gasteiger partial charge is 0.227 e. The van der Waals surface area contributed by atoms with Crippen LogP contribution in [0.15, 0.2) is 23.9 Å². The molecule has 1 nitrogen and oxygen atoms in total. The van der Waals surface area contributed by atoms with Crippen LogP contribution in [0.2, 0.25) is 0 Å². The molecule has 1 rings (SSSR count). The predicted molar refractivity (Wildman–Crippen MR) is 34.4 cm³/mol. The van der Waals surface area contributed by atoms with Crippen molar-refractivity contribution >= 4 is 14.7 Å². The summed E-state index contributed by atoms with van der Waals surface area (Å²) in [5.41, 5.74) is 0. The highest BCUT2D eigenvalue weighted by Gasteiger charge is 1.93. The van der Waals surface area contributed by atoms with Crippen molar-refractivity contribution in [2.75, 3.05) is 0 Å². The average Bonchev–Trinajstić information content (AvgIpc) is 1.69. The van der Waals surface area contributed by atoms with Gasteiger partial charge in [0.2, 0.25) is 7.00 Å². The van der Waals surface area contributed by atoms with Crippen molar-refractivity contribution in [1.29, 1.82) is 0 Å². The normalized spacial score (nSPS) is 27.1. The number of rotatable bonds is 0. The van der Waals surface area contributed by atoms with E-state index in [-0.39, 0.29) is 0 Å². The van der Waals surface area contributed by atoms with Gasteiger partial charge in [-0.05, 0) is 5.82 Å². The molecule has 0 aromatic heterocycles. The van der Waals surface area contributed by atoms with E-state index in [0.29, 0.717) is 0 Å². The molecule has 1 unspecified atom stereocenters. The van der Waals surface area contributed by atoms with E-state index in [1.807, 2.05) is 18.1 Å². The van der Waals surface area contributed by atoms with E-state index in [9.17, 15) is 4.57 Å². The van der Waals surface area contributed by atoms with E-state index in [0.717, 1.165) is 7.00 Å². The molecule has 0 aromatic carbocycles. The van der Waals surface area contributed by atoms with Crippen LogP contribution in [-0.2, 0) is 4.57 Å². The standard InChI is InChI=1S/C4H6BOP/c6-7-4-2-1-3-5-7/h1-5,7H. The monoisotopic (exact) mass is 112 g/mol. The maximum Gasteiger partial charge on any atom is 0.227 e. The van der Waals surface area contributed by atoms with Gasteiger partial charge in [0.25, 0.3) is 0 Å². The zero-order valence-corrected chi connectivity index (χ0v) is 4.92. The molecule has 3 heteroatoms. The van der Waals surface area contributed by atoms with Crippen molar-refractivity contribution in [2.24, 2.45) is 0 Å². The SMILES string of the molecule is O=[PH]1BC=CC=C1. The lowest BCUT2D eigenvalue weighted by Crippen LogP contribution is -1.75. The third-order valence-electron chi connectivity index (χ3n) is 0.848. The molecule has 0 amide bonds. The number of allylic oxidation sites excluding steroid dienone is 2. The summed E-state index contributed by atoms with van der Waals surface area (Å²) >= 11 is 0. The van der Waals surface area contributed by atoms with Crippen LogP contribution in [0, 0.1) is 0 Å². The highest BCUT2D eigenvalue weighted by Crippen LogP contribution is 2.21. The highest BCUT2D eigenvalue weighted by molar-refractivity contribution is 7.79. The van der Waals surface area contributed by atoms with Gasteiger partial charge in [-0.3, -0.25) is 0 Å². The van der Waals surface area contributed by atoms with Crippen LogP contribution in [0.25, 0.3) is 0 Å². The predicted octanol–water partition coefficient (Wildman–Crippen LogP) is 0.939. The molecule has 0 spiro atoms. The Morgan fingerprint density at radius 1 is 1.43 bits per heavy atom. The maximum atomic E-state index is 10.5. The van der Waals surface area contributed by atoms with E-state index in [2.05, 4.69) is 0 Å². The van der Waals surface area contributed by atoms with Crippen LogP contribution in [0.3, 0.4) is 0 Å². The topological polar surface area (TPSA) is 17.1 Å². The van der Waals surface area contributed by atoms with Gasteiger partial charge in [0.05, 0.1) is 7.68 Å². The van der Waals surface area contributed by atoms with Crippen molar-refractivity contribution in [3.05, 3.63) is 23.9 Å². The van der Waals surface area contributed by atoms with E-state index < -0.39 is 7.68 Å². The second kappa shape index (κ2) is 2.18. The minimum atomic E-state index is -1.31. The highest BCUT2D eigenvalue weighted by atomic mass is 31.1. The van der Waals surface area contributed by atoms with Crippen LogP contribution in [0.5, 0.6) is 0 Å². The van der Waals surface area contributed by atoms with Crippen molar-refractivity contribution in [3.63, 3.8) is 0 Å². The molecule has 0 fully saturated rings. The van der Waals surface area contributed by atoms with E-state index in [1.54, 1.807) is 5.82 Å². The lowest BCUT2D eigenvalue weighted by atomic mass is 10.1. The van der Waals surface area contributed by atoms with Gasteiger partial charge in [-0.15, -0.1) is 5.98 Å². The van der Waals surface area contributed by atoms with Gasteiger partial charge in [0, 0.05) is 0 Å². The second-order valence-corrected chi connectivity index (χ2v) is 3.13. The molecule has 36 valence electrons. The third-order valence-corrected chi connectivity index (χ3v) is 2.05. The minimum absolute atomic E-state index is 0.765. The Morgan fingerprint density at radius 3 is 2.57 bits per heavy atom. The molecule has 0 saturated heterocycles. The third kappa shape index (κ3) is 1.36. The summed E-state index contributed by atoms with van der Waals surface area (Å²) in [4.78, 5) is 0. The number of hydrogen-bond donors (Lipinski definition) is 0. The van der Waals surface area contributed by atoms with Gasteiger partial charge in [-0.2, -0.15) is 0 Å². The van der Waals surface area contributed by atoms with Gasteiger partial charge < -0.3 is 4.57 Å². The van der Waals surface area contributed by atoms with E-state index in [4.69, 9.17) is 0 Å². The van der Waals surface area contributed by atoms with Crippen LogP contribution in [0.4, 0.5) is 0 Å². The Kier molecular flexibility index (Phi) is 1.53. The molecular weight excluding hydrogens is 106 g/mol. The largest absolute Gasteiger partial charge is 0.333 e. The van der Waals surface area contributed by atoms with Gasteiger partial charge in [0.1, 0.15) is 0 Å². The van der Waals surface area contributed by atoms with Crippen LogP contribution >= 0.6 is 7.68 Å². The Balaban J connectivity index is 2.66. The summed E-state index contributed by atoms with van der Waals surface area (Å²) in [6, 6.07) is 0. The summed E-state index contributed by atoms with van der Waals surface area (Å²) in [6.45, 7) is 0.765. The minimum Gasteiger partial charge on any atom is -0.333 e. The Morgan fingerprint density at radius 2 is 2.29 bits per heavy atom. The molecule has 0 aromatic rings. The quantitative estimate of drug-likeness (QED) is 0.336. The van der Waals surface area contributed by atoms with Gasteiger partial charge in [0.15, 0.2) is 0 Å². The number of hydrogen-bond acceptors (Lipinski definition) is 1. The first-order valence-corrected chi connectivity index (χ1v) is 3.95. The Bertz CT molecular complexity index is 139. The first-order chi connectivity index (χ1) is 3.39. The van der Waals surface area contributed by atoms with Crippen molar-refractivity contribution < 1.29 is 4.57 Å². The van der Waals surface area contributed by atoms with Crippen molar-refractivity contribution in [1.82, 2.24) is 0 Å². The lowest BCUT2D eigenvalue weighted by Gasteiger charge is -1.88. The summed E-state index contributed by atoms with van der Waals surface area (Å²) in [6.07, 6.45) is 3.76. The van der Waals surface area contributed by atoms with Crippen LogP contribution in [0.1, 0.15) is 0 Å². The Labute approximate surface area is 44.1 Å². The molecule has 0 bridgehead atoms. The molecule has 7 heavy (non-hydrogen) atoms. The van der Waals surface area contributed by atoms with Gasteiger partial charge in [-0.1, -0.05) is 12.2 Å². The molecule has 0 radical (unpaired) electrons. The van der Waals surface area contributed by atoms with Gasteiger partial charge >= 0.3 is 0 Å². The molecule has 1 atom stereocenters. The summed E-state index contributed by atoms with van der Waals surface area (Å²) < 4.78 is 10.5. The van der Waals surface area contributed by atoms with Crippen molar-refractivity contribution in [3.8, 4) is 0 Å². The first-order valence-electron chi connectivity index (χ1n) is 2.25. The molecule has 1 heterocycles.